The Bertz CT molecular complexity index is 1390. The largest absolute Gasteiger partial charge is 0.352 e. The molecule has 0 radical (unpaired) electrons. The Balaban J connectivity index is 1.42. The summed E-state index contributed by atoms with van der Waals surface area (Å²) < 4.78 is 5.81. The second-order valence-electron chi connectivity index (χ2n) is 7.21. The first-order valence-electron chi connectivity index (χ1n) is 9.69. The standard InChI is InChI=1S/C20H22N8O3/c1-13-21-7-9-28(13)15-10-14(4-6-22-15)11-23-16(29)5-8-27-12-24-18-17(27)19(30)26(3)20(31)25(18)2/h4,6-7,9-10,12H,5,8,11H2,1-3H3,(H,23,29). The molecule has 1 N–H and O–H groups in total. The molecule has 4 aromatic heterocycles. The van der Waals surface area contributed by atoms with E-state index in [0.717, 1.165) is 21.8 Å². The molecule has 11 nitrogen and oxygen atoms in total. The molecule has 1 amide bonds. The van der Waals surface area contributed by atoms with Crippen LogP contribution in [-0.4, -0.2) is 39.1 Å². The number of nitrogens with zero attached hydrogens (tertiary/aromatic N) is 7. The Hall–Kier alpha value is -4.02. The number of hydrogen-bond donors (Lipinski definition) is 1. The number of carbonyl (C=O) groups excluding carboxylic acids is 1. The number of aromatic nitrogens is 7. The van der Waals surface area contributed by atoms with Crippen LogP contribution < -0.4 is 16.6 Å². The Morgan fingerprint density at radius 3 is 2.65 bits per heavy atom. The van der Waals surface area contributed by atoms with Crippen molar-refractivity contribution in [3.8, 4) is 5.82 Å². The second kappa shape index (κ2) is 8.01. The molecule has 4 rings (SSSR count). The molecule has 0 spiro atoms. The molecule has 0 aliphatic rings. The summed E-state index contributed by atoms with van der Waals surface area (Å²) in [5.74, 6) is 1.39. The third-order valence-corrected chi connectivity index (χ3v) is 5.17. The van der Waals surface area contributed by atoms with E-state index in [1.54, 1.807) is 24.0 Å². The highest BCUT2D eigenvalue weighted by atomic mass is 16.2. The quantitative estimate of drug-likeness (QED) is 0.468. The van der Waals surface area contributed by atoms with Gasteiger partial charge < -0.3 is 9.88 Å². The molecule has 0 aromatic carbocycles. The molecule has 0 unspecified atom stereocenters. The summed E-state index contributed by atoms with van der Waals surface area (Å²) in [5.41, 5.74) is 0.626. The summed E-state index contributed by atoms with van der Waals surface area (Å²) in [7, 11) is 2.98. The summed E-state index contributed by atoms with van der Waals surface area (Å²) in [6.07, 6.45) is 6.86. The Morgan fingerprint density at radius 1 is 1.10 bits per heavy atom. The van der Waals surface area contributed by atoms with Crippen LogP contribution in [-0.2, 0) is 32.0 Å². The molecule has 0 atom stereocenters. The van der Waals surface area contributed by atoms with Gasteiger partial charge in [0.25, 0.3) is 5.56 Å². The number of imidazole rings is 2. The van der Waals surface area contributed by atoms with Gasteiger partial charge in [-0.1, -0.05) is 0 Å². The minimum absolute atomic E-state index is 0.163. The Kier molecular flexibility index (Phi) is 5.24. The number of hydrogen-bond acceptors (Lipinski definition) is 6. The lowest BCUT2D eigenvalue weighted by Gasteiger charge is -2.09. The zero-order valence-corrected chi connectivity index (χ0v) is 17.4. The maximum atomic E-state index is 12.5. The van der Waals surface area contributed by atoms with Crippen molar-refractivity contribution in [1.29, 1.82) is 0 Å². The first-order valence-corrected chi connectivity index (χ1v) is 9.69. The summed E-state index contributed by atoms with van der Waals surface area (Å²) in [5, 5.41) is 2.88. The van der Waals surface area contributed by atoms with E-state index in [4.69, 9.17) is 0 Å². The average Bonchev–Trinajstić information content (AvgIpc) is 3.39. The molecule has 0 saturated carbocycles. The highest BCUT2D eigenvalue weighted by Crippen LogP contribution is 2.10. The van der Waals surface area contributed by atoms with E-state index in [-0.39, 0.29) is 18.9 Å². The molecule has 0 fully saturated rings. The Labute approximate surface area is 176 Å². The monoisotopic (exact) mass is 422 g/mol. The topological polar surface area (TPSA) is 122 Å². The van der Waals surface area contributed by atoms with Crippen LogP contribution >= 0.6 is 0 Å². The van der Waals surface area contributed by atoms with E-state index in [9.17, 15) is 14.4 Å². The van der Waals surface area contributed by atoms with E-state index < -0.39 is 11.2 Å². The Morgan fingerprint density at radius 2 is 1.90 bits per heavy atom. The lowest BCUT2D eigenvalue weighted by atomic mass is 10.2. The van der Waals surface area contributed by atoms with E-state index in [1.807, 2.05) is 29.8 Å². The minimum atomic E-state index is -0.442. The van der Waals surface area contributed by atoms with Crippen LogP contribution in [0.3, 0.4) is 0 Å². The van der Waals surface area contributed by atoms with Gasteiger partial charge in [-0.3, -0.25) is 23.3 Å². The normalized spacial score (nSPS) is 11.2. The number of nitrogens with one attached hydrogen (secondary N) is 1. The van der Waals surface area contributed by atoms with Gasteiger partial charge in [0.1, 0.15) is 11.6 Å². The molecule has 0 aliphatic heterocycles. The van der Waals surface area contributed by atoms with E-state index in [2.05, 4.69) is 20.3 Å². The van der Waals surface area contributed by atoms with Crippen LogP contribution in [0, 0.1) is 6.92 Å². The summed E-state index contributed by atoms with van der Waals surface area (Å²) in [6, 6.07) is 3.73. The molecule has 0 aliphatic carbocycles. The minimum Gasteiger partial charge on any atom is -0.352 e. The van der Waals surface area contributed by atoms with Gasteiger partial charge >= 0.3 is 5.69 Å². The maximum absolute atomic E-state index is 12.5. The van der Waals surface area contributed by atoms with Gasteiger partial charge in [0.2, 0.25) is 5.91 Å². The highest BCUT2D eigenvalue weighted by Gasteiger charge is 2.15. The third kappa shape index (κ3) is 3.77. The molecule has 11 heteroatoms. The molecule has 160 valence electrons. The van der Waals surface area contributed by atoms with Crippen LogP contribution in [0.25, 0.3) is 17.0 Å². The van der Waals surface area contributed by atoms with Crippen LogP contribution in [0.4, 0.5) is 0 Å². The molecule has 4 heterocycles. The van der Waals surface area contributed by atoms with Gasteiger partial charge in [0.05, 0.1) is 6.33 Å². The van der Waals surface area contributed by atoms with Crippen molar-refractivity contribution < 1.29 is 4.79 Å². The highest BCUT2D eigenvalue weighted by molar-refractivity contribution is 5.76. The van der Waals surface area contributed by atoms with Crippen LogP contribution in [0.5, 0.6) is 0 Å². The van der Waals surface area contributed by atoms with Gasteiger partial charge in [-0.2, -0.15) is 0 Å². The van der Waals surface area contributed by atoms with Gasteiger partial charge in [0, 0.05) is 52.2 Å². The predicted molar refractivity (Wildman–Crippen MR) is 113 cm³/mol. The molecular formula is C20H22N8O3. The van der Waals surface area contributed by atoms with Gasteiger partial charge in [-0.25, -0.2) is 19.7 Å². The lowest BCUT2D eigenvalue weighted by Crippen LogP contribution is -2.37. The predicted octanol–water partition coefficient (Wildman–Crippen LogP) is 0.0293. The number of carbonyl (C=O) groups is 1. The molecular weight excluding hydrogens is 400 g/mol. The summed E-state index contributed by atoms with van der Waals surface area (Å²) in [4.78, 5) is 49.6. The second-order valence-corrected chi connectivity index (χ2v) is 7.21. The first-order chi connectivity index (χ1) is 14.9. The van der Waals surface area contributed by atoms with Crippen molar-refractivity contribution in [2.24, 2.45) is 14.1 Å². The zero-order chi connectivity index (χ0) is 22.1. The van der Waals surface area contributed by atoms with Crippen molar-refractivity contribution >= 4 is 17.1 Å². The lowest BCUT2D eigenvalue weighted by molar-refractivity contribution is -0.121. The molecule has 0 bridgehead atoms. The van der Waals surface area contributed by atoms with Gasteiger partial charge in [-0.15, -0.1) is 0 Å². The number of aryl methyl sites for hydroxylation is 3. The first kappa shape index (κ1) is 20.3. The molecule has 4 aromatic rings. The number of rotatable bonds is 6. The number of amides is 1. The van der Waals surface area contributed by atoms with Gasteiger partial charge in [-0.05, 0) is 24.6 Å². The van der Waals surface area contributed by atoms with Crippen LogP contribution in [0.15, 0.2) is 46.6 Å². The fraction of sp³-hybridized carbons (Fsp3) is 0.300. The maximum Gasteiger partial charge on any atom is 0.332 e. The number of fused-ring (bicyclic) bond motifs is 1. The van der Waals surface area contributed by atoms with Crippen molar-refractivity contribution in [2.75, 3.05) is 0 Å². The van der Waals surface area contributed by atoms with Crippen molar-refractivity contribution in [2.45, 2.75) is 26.4 Å². The number of pyridine rings is 1. The fourth-order valence-electron chi connectivity index (χ4n) is 3.40. The van der Waals surface area contributed by atoms with E-state index >= 15 is 0 Å². The molecule has 0 saturated heterocycles. The summed E-state index contributed by atoms with van der Waals surface area (Å²) >= 11 is 0. The van der Waals surface area contributed by atoms with Gasteiger partial charge in [0.15, 0.2) is 11.2 Å². The van der Waals surface area contributed by atoms with E-state index in [0.29, 0.717) is 17.7 Å². The third-order valence-electron chi connectivity index (χ3n) is 5.17. The van der Waals surface area contributed by atoms with Crippen LogP contribution in [0.1, 0.15) is 17.8 Å². The zero-order valence-electron chi connectivity index (χ0n) is 17.4. The van der Waals surface area contributed by atoms with Crippen molar-refractivity contribution in [3.05, 3.63) is 69.3 Å². The average molecular weight is 422 g/mol. The molecule has 31 heavy (non-hydrogen) atoms. The fourth-order valence-corrected chi connectivity index (χ4v) is 3.40. The van der Waals surface area contributed by atoms with Crippen molar-refractivity contribution in [3.63, 3.8) is 0 Å². The van der Waals surface area contributed by atoms with Crippen molar-refractivity contribution in [1.82, 2.24) is 38.5 Å². The van der Waals surface area contributed by atoms with Crippen LogP contribution in [0.2, 0.25) is 0 Å². The van der Waals surface area contributed by atoms with E-state index in [1.165, 1.54) is 17.9 Å². The SMILES string of the molecule is Cc1nccn1-c1cc(CNC(=O)CCn2cnc3c2c(=O)n(C)c(=O)n3C)ccn1. The smallest absolute Gasteiger partial charge is 0.332 e. The summed E-state index contributed by atoms with van der Waals surface area (Å²) in [6.45, 7) is 2.51.